The summed E-state index contributed by atoms with van der Waals surface area (Å²) in [5.41, 5.74) is 7.54. The molecule has 0 aromatic carbocycles. The lowest BCUT2D eigenvalue weighted by molar-refractivity contribution is -0.0863. The van der Waals surface area contributed by atoms with E-state index in [4.69, 9.17) is 10.6 Å². The van der Waals surface area contributed by atoms with Gasteiger partial charge >= 0.3 is 0 Å². The van der Waals surface area contributed by atoms with Gasteiger partial charge < -0.3 is 9.94 Å². The molecule has 1 atom stereocenters. The molecule has 0 aromatic heterocycles. The molecule has 0 aliphatic heterocycles. The second-order valence-corrected chi connectivity index (χ2v) is 0.876. The maximum atomic E-state index is 8.20. The van der Waals surface area contributed by atoms with Crippen LogP contribution in [0.2, 0.25) is 0 Å². The lowest BCUT2D eigenvalue weighted by Crippen LogP contribution is -1.98. The SMILES string of the molecule is CC(O)ON=[N+]=[N-]. The molecule has 0 saturated heterocycles. The molecule has 0 aromatic rings. The van der Waals surface area contributed by atoms with Crippen LogP contribution in [0.15, 0.2) is 5.28 Å². The van der Waals surface area contributed by atoms with Gasteiger partial charge in [0, 0.05) is 4.91 Å². The number of aliphatic hydroxyl groups is 1. The highest BCUT2D eigenvalue weighted by Crippen LogP contribution is 1.82. The van der Waals surface area contributed by atoms with E-state index < -0.39 is 6.29 Å². The van der Waals surface area contributed by atoms with Crippen LogP contribution in [0.5, 0.6) is 0 Å². The lowest BCUT2D eigenvalue weighted by atomic mass is 10.8. The van der Waals surface area contributed by atoms with Crippen molar-refractivity contribution in [2.75, 3.05) is 0 Å². The van der Waals surface area contributed by atoms with Crippen LogP contribution in [0.4, 0.5) is 0 Å². The van der Waals surface area contributed by atoms with E-state index in [-0.39, 0.29) is 0 Å². The molecule has 5 heteroatoms. The van der Waals surface area contributed by atoms with Gasteiger partial charge in [-0.1, -0.05) is 0 Å². The van der Waals surface area contributed by atoms with Crippen molar-refractivity contribution in [1.82, 2.24) is 0 Å². The van der Waals surface area contributed by atoms with Gasteiger partial charge in [0.1, 0.15) is 5.28 Å². The van der Waals surface area contributed by atoms with E-state index in [0.717, 1.165) is 0 Å². The zero-order valence-corrected chi connectivity index (χ0v) is 3.77. The molecule has 1 unspecified atom stereocenters. The van der Waals surface area contributed by atoms with Crippen molar-refractivity contribution in [3.05, 3.63) is 10.4 Å². The molecule has 0 fully saturated rings. The molecule has 0 aliphatic carbocycles. The average Bonchev–Trinajstić information content (AvgIpc) is 1.61. The Morgan fingerprint density at radius 2 is 2.57 bits per heavy atom. The highest BCUT2D eigenvalue weighted by atomic mass is 16.7. The van der Waals surface area contributed by atoms with Crippen LogP contribution >= 0.6 is 0 Å². The third kappa shape index (κ3) is 5.07. The minimum atomic E-state index is -1.02. The smallest absolute Gasteiger partial charge is 0.202 e. The minimum absolute atomic E-state index is 1.02. The van der Waals surface area contributed by atoms with E-state index in [0.29, 0.717) is 0 Å². The van der Waals surface area contributed by atoms with Gasteiger partial charge in [0.25, 0.3) is 0 Å². The van der Waals surface area contributed by atoms with Gasteiger partial charge in [-0.05, 0) is 12.5 Å². The maximum absolute atomic E-state index is 8.20. The Morgan fingerprint density at radius 3 is 2.71 bits per heavy atom. The summed E-state index contributed by atoms with van der Waals surface area (Å²) < 4.78 is 0. The van der Waals surface area contributed by atoms with Crippen LogP contribution in [-0.2, 0) is 4.84 Å². The lowest BCUT2D eigenvalue weighted by Gasteiger charge is -1.95. The fraction of sp³-hybridized carbons (Fsp3) is 1.00. The van der Waals surface area contributed by atoms with Gasteiger partial charge in [0.2, 0.25) is 6.29 Å². The number of nitrogens with zero attached hydrogens (tertiary/aromatic N) is 3. The third-order valence-electron chi connectivity index (χ3n) is 0.236. The molecule has 0 amide bonds. The first-order chi connectivity index (χ1) is 3.27. The number of hydrogen-bond acceptors (Lipinski definition) is 3. The molecule has 0 saturated carbocycles. The predicted octanol–water partition coefficient (Wildman–Crippen LogP) is 0.567. The van der Waals surface area contributed by atoms with E-state index in [9.17, 15) is 0 Å². The highest BCUT2D eigenvalue weighted by molar-refractivity contribution is 4.29. The second kappa shape index (κ2) is 3.27. The van der Waals surface area contributed by atoms with Crippen LogP contribution in [-0.4, -0.2) is 11.4 Å². The van der Waals surface area contributed by atoms with Crippen molar-refractivity contribution in [2.24, 2.45) is 5.28 Å². The fourth-order valence-corrected chi connectivity index (χ4v) is 0.0893. The second-order valence-electron chi connectivity index (χ2n) is 0.876. The van der Waals surface area contributed by atoms with Gasteiger partial charge in [-0.25, -0.2) is 0 Å². The van der Waals surface area contributed by atoms with E-state index in [1.807, 2.05) is 0 Å². The quantitative estimate of drug-likeness (QED) is 0.182. The Labute approximate surface area is 40.1 Å². The van der Waals surface area contributed by atoms with Crippen molar-refractivity contribution in [1.29, 1.82) is 0 Å². The molecule has 0 radical (unpaired) electrons. The van der Waals surface area contributed by atoms with E-state index in [2.05, 4.69) is 15.0 Å². The summed E-state index contributed by atoms with van der Waals surface area (Å²) in [6, 6.07) is 0. The van der Waals surface area contributed by atoms with E-state index in [1.54, 1.807) is 0 Å². The molecule has 0 bridgehead atoms. The Morgan fingerprint density at radius 1 is 2.00 bits per heavy atom. The van der Waals surface area contributed by atoms with Crippen LogP contribution in [0.1, 0.15) is 6.92 Å². The maximum Gasteiger partial charge on any atom is 0.202 e. The minimum Gasteiger partial charge on any atom is -0.403 e. The Hall–Kier alpha value is -0.930. The topological polar surface area (TPSA) is 78.2 Å². The fourth-order valence-electron chi connectivity index (χ4n) is 0.0893. The van der Waals surface area contributed by atoms with E-state index >= 15 is 0 Å². The van der Waals surface area contributed by atoms with Crippen molar-refractivity contribution in [3.8, 4) is 0 Å². The largest absolute Gasteiger partial charge is 0.403 e. The predicted molar refractivity (Wildman–Crippen MR) is 21.9 cm³/mol. The average molecular weight is 103 g/mol. The number of rotatable bonds is 2. The van der Waals surface area contributed by atoms with Gasteiger partial charge in [0.15, 0.2) is 0 Å². The van der Waals surface area contributed by atoms with Crippen molar-refractivity contribution < 1.29 is 9.94 Å². The Kier molecular flexibility index (Phi) is 2.83. The van der Waals surface area contributed by atoms with Crippen LogP contribution in [0.3, 0.4) is 0 Å². The van der Waals surface area contributed by atoms with Gasteiger partial charge in [0.05, 0.1) is 0 Å². The summed E-state index contributed by atoms with van der Waals surface area (Å²) in [4.78, 5) is 6.17. The summed E-state index contributed by atoms with van der Waals surface area (Å²) in [6.07, 6.45) is -1.02. The Balaban J connectivity index is 3.13. The normalized spacial score (nSPS) is 11.7. The Bertz CT molecular complexity index is 84.9. The first-order valence-corrected chi connectivity index (χ1v) is 1.65. The molecular weight excluding hydrogens is 98.0 g/mol. The molecule has 0 rings (SSSR count). The number of aliphatic hydroxyl groups excluding tert-OH is 1. The summed E-state index contributed by atoms with van der Waals surface area (Å²) >= 11 is 0. The highest BCUT2D eigenvalue weighted by Gasteiger charge is 1.85. The molecule has 40 valence electrons. The van der Waals surface area contributed by atoms with Crippen LogP contribution in [0.25, 0.3) is 10.4 Å². The number of hydrogen-bond donors (Lipinski definition) is 1. The van der Waals surface area contributed by atoms with Crippen LogP contribution in [0, 0.1) is 0 Å². The van der Waals surface area contributed by atoms with Gasteiger partial charge in [-0.3, -0.25) is 0 Å². The monoisotopic (exact) mass is 103 g/mol. The van der Waals surface area contributed by atoms with Crippen molar-refractivity contribution in [2.45, 2.75) is 13.2 Å². The van der Waals surface area contributed by atoms with E-state index in [1.165, 1.54) is 6.92 Å². The molecule has 0 spiro atoms. The zero-order chi connectivity index (χ0) is 5.70. The zero-order valence-electron chi connectivity index (χ0n) is 3.77. The first-order valence-electron chi connectivity index (χ1n) is 1.65. The van der Waals surface area contributed by atoms with Gasteiger partial charge in [-0.2, -0.15) is 0 Å². The van der Waals surface area contributed by atoms with Crippen molar-refractivity contribution >= 4 is 0 Å². The molecular formula is C2H5N3O2. The standard InChI is InChI=1S/C2H5N3O2/c1-2(6)7-5-4-3/h2,6H,1H3. The summed E-state index contributed by atoms with van der Waals surface area (Å²) in [6.45, 7) is 1.34. The molecule has 7 heavy (non-hydrogen) atoms. The molecule has 1 N–H and O–H groups in total. The summed E-state index contributed by atoms with van der Waals surface area (Å²) in [7, 11) is 0. The molecule has 0 heterocycles. The van der Waals surface area contributed by atoms with Crippen molar-refractivity contribution in [3.63, 3.8) is 0 Å². The number of azide groups is 1. The summed E-state index contributed by atoms with van der Waals surface area (Å²) in [5.74, 6) is 0. The molecule has 0 aliphatic rings. The van der Waals surface area contributed by atoms with Crippen LogP contribution < -0.4 is 0 Å². The van der Waals surface area contributed by atoms with Gasteiger partial charge in [-0.15, -0.1) is 0 Å². The summed E-state index contributed by atoms with van der Waals surface area (Å²) in [5, 5.41) is 10.8. The third-order valence-corrected chi connectivity index (χ3v) is 0.236. The first kappa shape index (κ1) is 6.07. The molecule has 5 nitrogen and oxygen atoms in total.